The summed E-state index contributed by atoms with van der Waals surface area (Å²) < 4.78 is 3.46. The molecular weight excluding hydrogens is 396 g/mol. The third-order valence-corrected chi connectivity index (χ3v) is 6.06. The van der Waals surface area contributed by atoms with Crippen LogP contribution in [-0.2, 0) is 0 Å². The van der Waals surface area contributed by atoms with E-state index in [1.807, 2.05) is 11.3 Å². The van der Waals surface area contributed by atoms with Crippen LogP contribution in [0.15, 0.2) is 83.8 Å². The molecular formula is C25H25ClN2S. The lowest BCUT2D eigenvalue weighted by Crippen LogP contribution is -3.00. The van der Waals surface area contributed by atoms with Crippen LogP contribution in [0.3, 0.4) is 0 Å². The topological polar surface area (TPSA) is 6.25 Å². The molecule has 0 spiro atoms. The van der Waals surface area contributed by atoms with Gasteiger partial charge in [0.1, 0.15) is 14.1 Å². The van der Waals surface area contributed by atoms with Gasteiger partial charge in [0.05, 0.1) is 0 Å². The van der Waals surface area contributed by atoms with Crippen molar-refractivity contribution in [3.63, 3.8) is 0 Å². The van der Waals surface area contributed by atoms with E-state index in [0.717, 1.165) is 0 Å². The van der Waals surface area contributed by atoms with Gasteiger partial charge in [-0.1, -0.05) is 30.3 Å². The molecule has 0 amide bonds. The van der Waals surface area contributed by atoms with Crippen LogP contribution in [-0.4, -0.2) is 38.5 Å². The van der Waals surface area contributed by atoms with Crippen molar-refractivity contribution < 1.29 is 17.0 Å². The van der Waals surface area contributed by atoms with Crippen LogP contribution in [0.4, 0.5) is 5.69 Å². The Kier molecular flexibility index (Phi) is 6.41. The van der Waals surface area contributed by atoms with Gasteiger partial charge in [0.15, 0.2) is 5.71 Å². The number of allylic oxidation sites excluding steroid dienone is 5. The van der Waals surface area contributed by atoms with Gasteiger partial charge in [0.25, 0.3) is 0 Å². The number of thiophene rings is 1. The summed E-state index contributed by atoms with van der Waals surface area (Å²) in [5, 5.41) is 3.61. The van der Waals surface area contributed by atoms with Gasteiger partial charge in [-0.2, -0.15) is 0 Å². The van der Waals surface area contributed by atoms with Crippen molar-refractivity contribution in [3.05, 3.63) is 94.9 Å². The van der Waals surface area contributed by atoms with Crippen LogP contribution in [0.2, 0.25) is 0 Å². The first-order valence-electron chi connectivity index (χ1n) is 9.43. The third-order valence-electron chi connectivity index (χ3n) is 5.10. The predicted molar refractivity (Wildman–Crippen MR) is 124 cm³/mol. The summed E-state index contributed by atoms with van der Waals surface area (Å²) in [6.45, 7) is 0. The molecule has 2 aromatic carbocycles. The number of nitrogens with zero attached hydrogens (tertiary/aromatic N) is 2. The maximum Gasteiger partial charge on any atom is 0.199 e. The molecule has 0 N–H and O–H groups in total. The van der Waals surface area contributed by atoms with Crippen LogP contribution in [0.25, 0.3) is 15.7 Å². The molecule has 1 heterocycles. The van der Waals surface area contributed by atoms with Crippen LogP contribution >= 0.6 is 11.3 Å². The van der Waals surface area contributed by atoms with E-state index in [-0.39, 0.29) is 12.4 Å². The zero-order chi connectivity index (χ0) is 19.7. The molecule has 148 valence electrons. The van der Waals surface area contributed by atoms with E-state index in [4.69, 9.17) is 0 Å². The predicted octanol–water partition coefficient (Wildman–Crippen LogP) is 2.61. The SMILES string of the molecule is CN(C)c1ccc(C(=C2C=CC(=[N+](C)C)C=C2)c2csc3ccccc23)cc1.[Cl-]. The zero-order valence-corrected chi connectivity index (χ0v) is 18.8. The number of hydrogen-bond acceptors (Lipinski definition) is 2. The number of anilines is 1. The molecule has 0 bridgehead atoms. The minimum absolute atomic E-state index is 0. The monoisotopic (exact) mass is 420 g/mol. The van der Waals surface area contributed by atoms with E-state index in [1.54, 1.807) is 0 Å². The van der Waals surface area contributed by atoms with Crippen LogP contribution in [0.5, 0.6) is 0 Å². The van der Waals surface area contributed by atoms with E-state index in [2.05, 4.69) is 116 Å². The van der Waals surface area contributed by atoms with Gasteiger partial charge in [-0.15, -0.1) is 11.3 Å². The van der Waals surface area contributed by atoms with Crippen molar-refractivity contribution in [1.29, 1.82) is 0 Å². The molecule has 0 radical (unpaired) electrons. The number of halogens is 1. The van der Waals surface area contributed by atoms with Crippen molar-refractivity contribution in [1.82, 2.24) is 0 Å². The fraction of sp³-hybridized carbons (Fsp3) is 0.160. The summed E-state index contributed by atoms with van der Waals surface area (Å²) in [5.74, 6) is 0. The fourth-order valence-corrected chi connectivity index (χ4v) is 4.45. The Bertz CT molecular complexity index is 1120. The average Bonchev–Trinajstić information content (AvgIpc) is 3.13. The molecule has 0 saturated carbocycles. The van der Waals surface area contributed by atoms with Gasteiger partial charge in [0, 0.05) is 47.6 Å². The molecule has 1 aliphatic rings. The Morgan fingerprint density at radius 1 is 0.862 bits per heavy atom. The second-order valence-electron chi connectivity index (χ2n) is 7.40. The Labute approximate surface area is 183 Å². The largest absolute Gasteiger partial charge is 1.00 e. The third kappa shape index (κ3) is 4.21. The summed E-state index contributed by atoms with van der Waals surface area (Å²) in [6, 6.07) is 17.5. The quantitative estimate of drug-likeness (QED) is 0.590. The number of rotatable bonds is 3. The highest BCUT2D eigenvalue weighted by molar-refractivity contribution is 7.17. The highest BCUT2D eigenvalue weighted by Gasteiger charge is 2.16. The number of hydrogen-bond donors (Lipinski definition) is 0. The van der Waals surface area contributed by atoms with E-state index < -0.39 is 0 Å². The first-order chi connectivity index (χ1) is 13.5. The fourth-order valence-electron chi connectivity index (χ4n) is 3.50. The minimum Gasteiger partial charge on any atom is -1.00 e. The normalized spacial score (nSPS) is 12.8. The Morgan fingerprint density at radius 2 is 1.52 bits per heavy atom. The van der Waals surface area contributed by atoms with E-state index >= 15 is 0 Å². The maximum atomic E-state index is 2.29. The second-order valence-corrected chi connectivity index (χ2v) is 8.31. The summed E-state index contributed by atoms with van der Waals surface area (Å²) >= 11 is 1.81. The van der Waals surface area contributed by atoms with Crippen LogP contribution in [0.1, 0.15) is 11.1 Å². The smallest absolute Gasteiger partial charge is 0.199 e. The number of fused-ring (bicyclic) bond motifs is 1. The number of benzene rings is 2. The van der Waals surface area contributed by atoms with E-state index in [1.165, 1.54) is 43.8 Å². The molecule has 0 aliphatic heterocycles. The van der Waals surface area contributed by atoms with Crippen molar-refractivity contribution in [2.24, 2.45) is 0 Å². The van der Waals surface area contributed by atoms with Crippen LogP contribution < -0.4 is 17.3 Å². The lowest BCUT2D eigenvalue weighted by molar-refractivity contribution is -0.462. The van der Waals surface area contributed by atoms with Crippen LogP contribution in [0, 0.1) is 0 Å². The molecule has 3 aromatic rings. The van der Waals surface area contributed by atoms with E-state index in [0.29, 0.717) is 0 Å². The average molecular weight is 421 g/mol. The van der Waals surface area contributed by atoms with Crippen molar-refractivity contribution in [3.8, 4) is 0 Å². The first kappa shape index (κ1) is 21.1. The van der Waals surface area contributed by atoms with E-state index in [9.17, 15) is 0 Å². The molecule has 1 aliphatic carbocycles. The highest BCUT2D eigenvalue weighted by atomic mass is 35.5. The zero-order valence-electron chi connectivity index (χ0n) is 17.2. The lowest BCUT2D eigenvalue weighted by Gasteiger charge is -2.16. The second kappa shape index (κ2) is 8.81. The standard InChI is InChI=1S/C25H25N2S.ClH/c1-26(2)20-13-9-18(10-14-20)25(19-11-15-21(16-12-19)27(3)4)23-17-28-24-8-6-5-7-22(23)24;/h5-17H,1-4H3;1H/q+1;/p-1. The Hall–Kier alpha value is -2.62. The van der Waals surface area contributed by atoms with Crippen molar-refractivity contribution in [2.75, 3.05) is 33.1 Å². The molecule has 0 saturated heterocycles. The summed E-state index contributed by atoms with van der Waals surface area (Å²) in [6.07, 6.45) is 8.85. The van der Waals surface area contributed by atoms with Crippen molar-refractivity contribution in [2.45, 2.75) is 0 Å². The first-order valence-corrected chi connectivity index (χ1v) is 10.3. The molecule has 4 heteroatoms. The van der Waals surface area contributed by atoms with Gasteiger partial charge in [-0.05, 0) is 52.4 Å². The van der Waals surface area contributed by atoms with Crippen molar-refractivity contribution >= 4 is 38.4 Å². The summed E-state index contributed by atoms with van der Waals surface area (Å²) in [4.78, 5) is 2.13. The Morgan fingerprint density at radius 3 is 2.14 bits per heavy atom. The molecule has 1 aromatic heterocycles. The lowest BCUT2D eigenvalue weighted by atomic mass is 9.90. The molecule has 4 rings (SSSR count). The van der Waals surface area contributed by atoms with Gasteiger partial charge >= 0.3 is 0 Å². The minimum atomic E-state index is 0. The highest BCUT2D eigenvalue weighted by Crippen LogP contribution is 2.37. The molecule has 0 fully saturated rings. The van der Waals surface area contributed by atoms with Gasteiger partial charge < -0.3 is 17.3 Å². The Balaban J connectivity index is 0.00000240. The summed E-state index contributed by atoms with van der Waals surface area (Å²) in [7, 11) is 8.30. The molecule has 0 unspecified atom stereocenters. The molecule has 0 atom stereocenters. The van der Waals surface area contributed by atoms with Gasteiger partial charge in [0.2, 0.25) is 0 Å². The maximum absolute atomic E-state index is 2.29. The molecule has 2 nitrogen and oxygen atoms in total. The van der Waals surface area contributed by atoms with Gasteiger partial charge in [-0.25, -0.2) is 4.58 Å². The van der Waals surface area contributed by atoms with Gasteiger partial charge in [-0.3, -0.25) is 0 Å². The molecule has 29 heavy (non-hydrogen) atoms. The summed E-state index contributed by atoms with van der Waals surface area (Å²) in [5.41, 5.74) is 7.49.